The second-order valence-electron chi connectivity index (χ2n) is 10.6. The van der Waals surface area contributed by atoms with Crippen LogP contribution >= 0.6 is 11.3 Å². The summed E-state index contributed by atoms with van der Waals surface area (Å²) >= 11 is 1.46. The van der Waals surface area contributed by atoms with Crippen molar-refractivity contribution in [1.82, 2.24) is 14.5 Å². The number of halogens is 1. The molecule has 2 aliphatic rings. The van der Waals surface area contributed by atoms with Gasteiger partial charge in [0.15, 0.2) is 11.6 Å². The quantitative estimate of drug-likeness (QED) is 0.276. The minimum atomic E-state index is -0.663. The van der Waals surface area contributed by atoms with Crippen LogP contribution < -0.4 is 21.9 Å². The zero-order valence-electron chi connectivity index (χ0n) is 23.6. The number of nitrogens with one attached hydrogen (secondary N) is 2. The van der Waals surface area contributed by atoms with Crippen molar-refractivity contribution in [2.75, 3.05) is 42.7 Å². The largest absolute Gasteiger partial charge is 0.398 e. The molecular formula is C31H31FN6O4S. The smallest absolute Gasteiger partial charge is 0.293 e. The van der Waals surface area contributed by atoms with Crippen LogP contribution in [-0.2, 0) is 24.6 Å². The molecule has 222 valence electrons. The van der Waals surface area contributed by atoms with E-state index in [2.05, 4.69) is 15.6 Å². The molecule has 1 fully saturated rings. The molecule has 0 atom stereocenters. The monoisotopic (exact) mass is 602 g/mol. The fraction of sp³-hybridized carbons (Fsp3) is 0.290. The SMILES string of the molecule is Cn1cc(-c2cccc(NC(=O)c3cc4c(s3)CCCC4)c2F)nc(Nc2ccc(C(=O)N3CCOCC3)c(N)c2)c1=O. The Hall–Kier alpha value is -4.55. The van der Waals surface area contributed by atoms with Gasteiger partial charge < -0.3 is 30.6 Å². The van der Waals surface area contributed by atoms with Gasteiger partial charge in [-0.1, -0.05) is 6.07 Å². The van der Waals surface area contributed by atoms with Crippen LogP contribution in [0.15, 0.2) is 53.5 Å². The number of rotatable bonds is 6. The molecular weight excluding hydrogens is 571 g/mol. The zero-order valence-corrected chi connectivity index (χ0v) is 24.4. The first-order valence-corrected chi connectivity index (χ1v) is 14.9. The summed E-state index contributed by atoms with van der Waals surface area (Å²) in [6, 6.07) is 11.3. The summed E-state index contributed by atoms with van der Waals surface area (Å²) in [5.41, 5.74) is 8.34. The highest BCUT2D eigenvalue weighted by atomic mass is 32.1. The number of aromatic nitrogens is 2. The van der Waals surface area contributed by atoms with E-state index in [1.807, 2.05) is 6.07 Å². The molecule has 1 aliphatic carbocycles. The highest BCUT2D eigenvalue weighted by Crippen LogP contribution is 2.32. The van der Waals surface area contributed by atoms with Gasteiger partial charge in [-0.2, -0.15) is 0 Å². The number of nitrogens with two attached hydrogens (primary N) is 1. The second kappa shape index (κ2) is 12.0. The zero-order chi connectivity index (χ0) is 30.1. The molecule has 10 nitrogen and oxygen atoms in total. The fourth-order valence-electron chi connectivity index (χ4n) is 5.34. The van der Waals surface area contributed by atoms with Gasteiger partial charge in [0, 0.05) is 48.1 Å². The first kappa shape index (κ1) is 28.6. The van der Waals surface area contributed by atoms with Crippen molar-refractivity contribution < 1.29 is 18.7 Å². The summed E-state index contributed by atoms with van der Waals surface area (Å²) < 4.78 is 22.4. The Bertz CT molecular complexity index is 1760. The molecule has 0 bridgehead atoms. The Balaban J connectivity index is 1.24. The third-order valence-corrected chi connectivity index (χ3v) is 8.89. The van der Waals surface area contributed by atoms with Crippen molar-refractivity contribution in [2.45, 2.75) is 25.7 Å². The first-order chi connectivity index (χ1) is 20.8. The lowest BCUT2D eigenvalue weighted by molar-refractivity contribution is 0.0303. The van der Waals surface area contributed by atoms with Gasteiger partial charge in [-0.15, -0.1) is 11.3 Å². The molecule has 0 unspecified atom stereocenters. The number of carbonyl (C=O) groups excluding carboxylic acids is 2. The predicted octanol–water partition coefficient (Wildman–Crippen LogP) is 4.58. The summed E-state index contributed by atoms with van der Waals surface area (Å²) in [4.78, 5) is 46.7. The molecule has 43 heavy (non-hydrogen) atoms. The van der Waals surface area contributed by atoms with Gasteiger partial charge in [-0.05, 0) is 67.6 Å². The Kier molecular flexibility index (Phi) is 7.96. The number of fused-ring (bicyclic) bond motifs is 1. The lowest BCUT2D eigenvalue weighted by Gasteiger charge is -2.27. The molecule has 4 aromatic rings. The Labute approximate surface area is 251 Å². The molecule has 0 spiro atoms. The van der Waals surface area contributed by atoms with E-state index in [-0.39, 0.29) is 40.3 Å². The average Bonchev–Trinajstić information content (AvgIpc) is 3.45. The lowest BCUT2D eigenvalue weighted by atomic mass is 9.99. The van der Waals surface area contributed by atoms with Crippen LogP contribution in [0.4, 0.5) is 27.3 Å². The van der Waals surface area contributed by atoms with Crippen molar-refractivity contribution in [2.24, 2.45) is 7.05 Å². The molecule has 1 saturated heterocycles. The fourth-order valence-corrected chi connectivity index (χ4v) is 6.49. The molecule has 1 aliphatic heterocycles. The van der Waals surface area contributed by atoms with Crippen molar-refractivity contribution in [1.29, 1.82) is 0 Å². The van der Waals surface area contributed by atoms with Gasteiger partial charge in [-0.25, -0.2) is 9.37 Å². The van der Waals surface area contributed by atoms with Crippen molar-refractivity contribution in [3.63, 3.8) is 0 Å². The molecule has 4 N–H and O–H groups in total. The van der Waals surface area contributed by atoms with Crippen molar-refractivity contribution >= 4 is 46.0 Å². The van der Waals surface area contributed by atoms with Gasteiger partial charge in [0.05, 0.1) is 35.0 Å². The van der Waals surface area contributed by atoms with E-state index in [0.29, 0.717) is 42.4 Å². The maximum absolute atomic E-state index is 15.8. The number of aryl methyl sites for hydroxylation is 3. The standard InChI is InChI=1S/C31H31FN6O4S/c1-37-17-24(21-6-4-7-23(27(21)32)36-29(39)26-15-18-5-2-3-8-25(18)43-26)35-28(31(37)41)34-19-9-10-20(22(33)16-19)30(40)38-11-13-42-14-12-38/h4,6-7,9-10,15-17H,2-3,5,8,11-14,33H2,1H3,(H,34,35)(H,36,39). The molecule has 0 saturated carbocycles. The molecule has 2 amide bonds. The van der Waals surface area contributed by atoms with E-state index < -0.39 is 11.4 Å². The number of hydrogen-bond acceptors (Lipinski definition) is 8. The van der Waals surface area contributed by atoms with Gasteiger partial charge >= 0.3 is 0 Å². The molecule has 3 heterocycles. The van der Waals surface area contributed by atoms with Crippen LogP contribution in [0.25, 0.3) is 11.3 Å². The summed E-state index contributed by atoms with van der Waals surface area (Å²) in [5, 5.41) is 5.66. The number of amides is 2. The summed E-state index contributed by atoms with van der Waals surface area (Å²) in [6.07, 6.45) is 5.58. The summed E-state index contributed by atoms with van der Waals surface area (Å²) in [7, 11) is 1.54. The minimum absolute atomic E-state index is 0.0207. The Morgan fingerprint density at radius 1 is 1.09 bits per heavy atom. The van der Waals surface area contributed by atoms with Crippen LogP contribution in [0, 0.1) is 5.82 Å². The van der Waals surface area contributed by atoms with E-state index in [9.17, 15) is 14.4 Å². The second-order valence-corrected chi connectivity index (χ2v) is 11.7. The molecule has 2 aromatic heterocycles. The number of thiophene rings is 1. The van der Waals surface area contributed by atoms with Gasteiger partial charge in [-0.3, -0.25) is 14.4 Å². The van der Waals surface area contributed by atoms with Crippen LogP contribution in [0.5, 0.6) is 0 Å². The third kappa shape index (κ3) is 5.88. The highest BCUT2D eigenvalue weighted by Gasteiger charge is 2.22. The maximum atomic E-state index is 15.8. The number of nitrogens with zero attached hydrogens (tertiary/aromatic N) is 3. The van der Waals surface area contributed by atoms with Crippen molar-refractivity contribution in [3.8, 4) is 11.3 Å². The summed E-state index contributed by atoms with van der Waals surface area (Å²) in [5.74, 6) is -1.27. The third-order valence-electron chi connectivity index (χ3n) is 7.66. The van der Waals surface area contributed by atoms with E-state index in [0.717, 1.165) is 25.7 Å². The number of anilines is 4. The molecule has 6 rings (SSSR count). The highest BCUT2D eigenvalue weighted by molar-refractivity contribution is 7.14. The summed E-state index contributed by atoms with van der Waals surface area (Å²) in [6.45, 7) is 1.93. The van der Waals surface area contributed by atoms with E-state index >= 15 is 4.39 Å². The van der Waals surface area contributed by atoms with Crippen LogP contribution in [0.1, 0.15) is 43.3 Å². The van der Waals surface area contributed by atoms with Crippen LogP contribution in [0.2, 0.25) is 0 Å². The predicted molar refractivity (Wildman–Crippen MR) is 165 cm³/mol. The van der Waals surface area contributed by atoms with Gasteiger partial charge in [0.25, 0.3) is 17.4 Å². The number of ether oxygens (including phenoxy) is 1. The first-order valence-electron chi connectivity index (χ1n) is 14.1. The number of morpholine rings is 1. The molecule has 12 heteroatoms. The number of nitrogen functional groups attached to an aromatic ring is 1. The molecule has 0 radical (unpaired) electrons. The van der Waals surface area contributed by atoms with Gasteiger partial charge in [0.2, 0.25) is 0 Å². The number of benzene rings is 2. The number of hydrogen-bond donors (Lipinski definition) is 3. The van der Waals surface area contributed by atoms with E-state index in [1.54, 1.807) is 36.2 Å². The van der Waals surface area contributed by atoms with Crippen LogP contribution in [0.3, 0.4) is 0 Å². The van der Waals surface area contributed by atoms with Crippen LogP contribution in [-0.4, -0.2) is 52.6 Å². The normalized spacial score (nSPS) is 14.7. The van der Waals surface area contributed by atoms with E-state index in [4.69, 9.17) is 10.5 Å². The molecule has 2 aromatic carbocycles. The average molecular weight is 603 g/mol. The maximum Gasteiger partial charge on any atom is 0.293 e. The van der Waals surface area contributed by atoms with Gasteiger partial charge in [0.1, 0.15) is 0 Å². The lowest BCUT2D eigenvalue weighted by Crippen LogP contribution is -2.40. The van der Waals surface area contributed by atoms with E-state index in [1.165, 1.54) is 44.7 Å². The minimum Gasteiger partial charge on any atom is -0.398 e. The number of carbonyl (C=O) groups is 2. The topological polar surface area (TPSA) is 132 Å². The van der Waals surface area contributed by atoms with Crippen molar-refractivity contribution in [3.05, 3.63) is 85.7 Å². The Morgan fingerprint density at radius 3 is 2.65 bits per heavy atom. The Morgan fingerprint density at radius 2 is 1.88 bits per heavy atom.